The molecule has 0 bridgehead atoms. The quantitative estimate of drug-likeness (QED) is 0.142. The summed E-state index contributed by atoms with van der Waals surface area (Å²) in [6.07, 6.45) is 0. The van der Waals surface area contributed by atoms with Crippen LogP contribution in [0.3, 0.4) is 0 Å². The maximum atomic E-state index is 8.99. The first-order valence-corrected chi connectivity index (χ1v) is 15.1. The van der Waals surface area contributed by atoms with Crippen LogP contribution < -0.4 is 0 Å². The molecule has 6 heteroatoms. The number of amidine groups is 1. The van der Waals surface area contributed by atoms with Gasteiger partial charge >= 0.3 is 0 Å². The van der Waals surface area contributed by atoms with Crippen molar-refractivity contribution in [3.63, 3.8) is 0 Å². The summed E-state index contributed by atoms with van der Waals surface area (Å²) in [5.74, 6) is 0.558. The highest BCUT2D eigenvalue weighted by Gasteiger charge is 2.17. The molecule has 0 unspecified atom stereocenters. The minimum atomic E-state index is 0.0630. The molecule has 5 aromatic carbocycles. The molecule has 6 aromatic rings. The maximum Gasteiger partial charge on any atom is 0.182 e. The molecule has 0 spiro atoms. The molecule has 46 heavy (non-hydrogen) atoms. The molecule has 0 radical (unpaired) electrons. The van der Waals surface area contributed by atoms with Crippen molar-refractivity contribution < 1.29 is 0 Å². The fourth-order valence-corrected chi connectivity index (χ4v) is 5.05. The van der Waals surface area contributed by atoms with E-state index in [0.717, 1.165) is 50.3 Å². The van der Waals surface area contributed by atoms with Crippen LogP contribution in [0.15, 0.2) is 126 Å². The summed E-state index contributed by atoms with van der Waals surface area (Å²) < 4.78 is 0. The van der Waals surface area contributed by atoms with Crippen molar-refractivity contribution in [1.82, 2.24) is 15.2 Å². The fraction of sp³-hybridized carbons (Fsp3) is 0.100. The second kappa shape index (κ2) is 13.0. The molecular weight excluding hydrogens is 564 g/mol. The summed E-state index contributed by atoms with van der Waals surface area (Å²) in [7, 11) is 0. The van der Waals surface area contributed by atoms with Crippen molar-refractivity contribution in [2.24, 2.45) is 4.99 Å². The lowest BCUT2D eigenvalue weighted by atomic mass is 9.98. The molecular formula is C40H34N6. The third-order valence-electron chi connectivity index (χ3n) is 7.88. The summed E-state index contributed by atoms with van der Waals surface area (Å²) in [6.45, 7) is 8.16. The number of benzene rings is 5. The van der Waals surface area contributed by atoms with Crippen molar-refractivity contribution in [2.45, 2.75) is 27.7 Å². The summed E-state index contributed by atoms with van der Waals surface area (Å²) in [6, 6.07) is 39.6. The van der Waals surface area contributed by atoms with Gasteiger partial charge in [0.15, 0.2) is 11.7 Å². The SMILES string of the molecule is Cc1ccc(C(=N)C(=NC(=N)c2ccc(-c3nnc(-c4ccc(C)cc4)c(-c4ccc(C)cc4)n3)cc2)c2ccc(C)cc2)cc1. The molecule has 0 aliphatic rings. The van der Waals surface area contributed by atoms with Crippen LogP contribution in [0.25, 0.3) is 33.9 Å². The molecule has 224 valence electrons. The average Bonchev–Trinajstić information content (AvgIpc) is 3.08. The van der Waals surface area contributed by atoms with Gasteiger partial charge in [-0.05, 0) is 27.7 Å². The maximum absolute atomic E-state index is 8.99. The van der Waals surface area contributed by atoms with Gasteiger partial charge in [-0.3, -0.25) is 10.8 Å². The molecule has 0 aliphatic carbocycles. The first-order valence-electron chi connectivity index (χ1n) is 15.1. The Balaban J connectivity index is 1.34. The van der Waals surface area contributed by atoms with E-state index in [4.69, 9.17) is 20.8 Å². The Labute approximate surface area is 269 Å². The summed E-state index contributed by atoms with van der Waals surface area (Å²) in [5, 5.41) is 27.0. The molecule has 0 fully saturated rings. The van der Waals surface area contributed by atoms with Crippen LogP contribution in [0.5, 0.6) is 0 Å². The minimum absolute atomic E-state index is 0.0630. The van der Waals surface area contributed by atoms with E-state index in [-0.39, 0.29) is 11.5 Å². The Morgan fingerprint density at radius 3 is 1.39 bits per heavy atom. The average molecular weight is 599 g/mol. The zero-order valence-electron chi connectivity index (χ0n) is 26.3. The Kier molecular flexibility index (Phi) is 8.53. The van der Waals surface area contributed by atoms with E-state index in [2.05, 4.69) is 60.4 Å². The van der Waals surface area contributed by atoms with Crippen molar-refractivity contribution >= 4 is 17.3 Å². The van der Waals surface area contributed by atoms with Gasteiger partial charge in [-0.15, -0.1) is 10.2 Å². The fourth-order valence-electron chi connectivity index (χ4n) is 5.05. The molecule has 0 aliphatic heterocycles. The van der Waals surface area contributed by atoms with E-state index >= 15 is 0 Å². The van der Waals surface area contributed by atoms with Crippen LogP contribution in [0.4, 0.5) is 0 Å². The predicted molar refractivity (Wildman–Crippen MR) is 188 cm³/mol. The van der Waals surface area contributed by atoms with Gasteiger partial charge in [0, 0.05) is 33.4 Å². The lowest BCUT2D eigenvalue weighted by Gasteiger charge is -2.12. The van der Waals surface area contributed by atoms with Crippen LogP contribution in [-0.2, 0) is 0 Å². The lowest BCUT2D eigenvalue weighted by Crippen LogP contribution is -2.18. The molecule has 1 aromatic heterocycles. The lowest BCUT2D eigenvalue weighted by molar-refractivity contribution is 0.991. The monoisotopic (exact) mass is 598 g/mol. The molecule has 6 nitrogen and oxygen atoms in total. The highest BCUT2D eigenvalue weighted by atomic mass is 15.2. The van der Waals surface area contributed by atoms with Crippen LogP contribution in [0, 0.1) is 38.5 Å². The van der Waals surface area contributed by atoms with Crippen LogP contribution in [-0.4, -0.2) is 32.4 Å². The molecule has 1 heterocycles. The summed E-state index contributed by atoms with van der Waals surface area (Å²) in [4.78, 5) is 9.68. The number of nitrogens with zero attached hydrogens (tertiary/aromatic N) is 4. The Morgan fingerprint density at radius 2 is 0.870 bits per heavy atom. The summed E-state index contributed by atoms with van der Waals surface area (Å²) in [5.41, 5.74) is 11.6. The Bertz CT molecular complexity index is 2060. The van der Waals surface area contributed by atoms with E-state index in [1.54, 1.807) is 0 Å². The highest BCUT2D eigenvalue weighted by Crippen LogP contribution is 2.30. The molecule has 6 rings (SSSR count). The van der Waals surface area contributed by atoms with Gasteiger partial charge in [0.05, 0.1) is 11.4 Å². The first-order chi connectivity index (χ1) is 22.2. The second-order valence-electron chi connectivity index (χ2n) is 11.6. The van der Waals surface area contributed by atoms with Gasteiger partial charge in [0.25, 0.3) is 0 Å². The van der Waals surface area contributed by atoms with Crippen LogP contribution >= 0.6 is 0 Å². The topological polar surface area (TPSA) is 98.7 Å². The van der Waals surface area contributed by atoms with Gasteiger partial charge in [-0.2, -0.15) is 0 Å². The van der Waals surface area contributed by atoms with Crippen LogP contribution in [0.1, 0.15) is 38.9 Å². The molecule has 0 saturated carbocycles. The van der Waals surface area contributed by atoms with E-state index < -0.39 is 0 Å². The number of nitrogens with one attached hydrogen (secondary N) is 2. The predicted octanol–water partition coefficient (Wildman–Crippen LogP) is 8.99. The second-order valence-corrected chi connectivity index (χ2v) is 11.6. The van der Waals surface area contributed by atoms with Crippen molar-refractivity contribution in [3.05, 3.63) is 160 Å². The van der Waals surface area contributed by atoms with Gasteiger partial charge in [-0.1, -0.05) is 144 Å². The zero-order chi connectivity index (χ0) is 32.2. The largest absolute Gasteiger partial charge is 0.298 e. The number of hydrogen-bond acceptors (Lipinski definition) is 5. The third kappa shape index (κ3) is 6.61. The number of aryl methyl sites for hydroxylation is 4. The van der Waals surface area contributed by atoms with Gasteiger partial charge < -0.3 is 0 Å². The van der Waals surface area contributed by atoms with E-state index in [1.165, 1.54) is 11.1 Å². The third-order valence-corrected chi connectivity index (χ3v) is 7.88. The highest BCUT2D eigenvalue weighted by molar-refractivity contribution is 6.53. The normalized spacial score (nSPS) is 11.3. The smallest absolute Gasteiger partial charge is 0.182 e. The van der Waals surface area contributed by atoms with Gasteiger partial charge in [0.1, 0.15) is 11.4 Å². The van der Waals surface area contributed by atoms with Crippen molar-refractivity contribution in [2.75, 3.05) is 0 Å². The standard InChI is InChI=1S/C40H34N6/c1-25-5-13-29(14-6-25)35(41)36(30-15-7-26(2)8-16-30)43-39(42)33-21-23-34(24-22-33)40-44-37(31-17-9-27(3)10-18-31)38(45-46-40)32-19-11-28(4)12-20-32/h5-24,41-42H,1-4H3. The van der Waals surface area contributed by atoms with Gasteiger partial charge in [0.2, 0.25) is 0 Å². The number of aliphatic imine (C=N–C) groups is 1. The summed E-state index contributed by atoms with van der Waals surface area (Å²) >= 11 is 0. The molecule has 2 N–H and O–H groups in total. The van der Waals surface area contributed by atoms with Crippen molar-refractivity contribution in [3.8, 4) is 33.9 Å². The van der Waals surface area contributed by atoms with Crippen LogP contribution in [0.2, 0.25) is 0 Å². The molecule has 0 amide bonds. The minimum Gasteiger partial charge on any atom is -0.298 e. The molecule has 0 atom stereocenters. The van der Waals surface area contributed by atoms with Gasteiger partial charge in [-0.25, -0.2) is 9.98 Å². The van der Waals surface area contributed by atoms with E-state index in [0.29, 0.717) is 17.1 Å². The number of hydrogen-bond donors (Lipinski definition) is 2. The first kappa shape index (κ1) is 30.2. The van der Waals surface area contributed by atoms with E-state index in [1.807, 2.05) is 98.8 Å². The Morgan fingerprint density at radius 1 is 0.457 bits per heavy atom. The number of rotatable bonds is 7. The van der Waals surface area contributed by atoms with E-state index in [9.17, 15) is 0 Å². The zero-order valence-corrected chi connectivity index (χ0v) is 26.3. The molecule has 0 saturated heterocycles. The number of aromatic nitrogens is 3. The Hall–Kier alpha value is -5.88. The van der Waals surface area contributed by atoms with Crippen molar-refractivity contribution in [1.29, 1.82) is 10.8 Å².